The molecular formula is C18H29Cl2NO2. The lowest BCUT2D eigenvalue weighted by Crippen LogP contribution is -2.26. The summed E-state index contributed by atoms with van der Waals surface area (Å²) >= 11 is 12.7. The topological polar surface area (TPSA) is 40.5 Å². The highest BCUT2D eigenvalue weighted by Gasteiger charge is 2.25. The second-order valence-electron chi connectivity index (χ2n) is 5.10. The number of halogens is 2. The summed E-state index contributed by atoms with van der Waals surface area (Å²) in [5, 5.41) is 10.4. The maximum absolute atomic E-state index is 11.1. The first-order valence-corrected chi connectivity index (χ1v) is 9.13. The molecule has 0 aromatic heterocycles. The Balaban J connectivity index is 0.00000232. The molecule has 132 valence electrons. The largest absolute Gasteiger partial charge is 0.481 e. The van der Waals surface area contributed by atoms with E-state index in [-0.39, 0.29) is 5.92 Å². The molecule has 1 rings (SSSR count). The van der Waals surface area contributed by atoms with Crippen molar-refractivity contribution in [3.05, 3.63) is 34.0 Å². The van der Waals surface area contributed by atoms with E-state index >= 15 is 0 Å². The van der Waals surface area contributed by atoms with Crippen LogP contribution in [0, 0.1) is 5.92 Å². The maximum Gasteiger partial charge on any atom is 0.306 e. The van der Waals surface area contributed by atoms with E-state index in [1.807, 2.05) is 45.9 Å². The third-order valence-electron chi connectivity index (χ3n) is 3.60. The van der Waals surface area contributed by atoms with Gasteiger partial charge in [-0.05, 0) is 38.7 Å². The average molecular weight is 362 g/mol. The van der Waals surface area contributed by atoms with Crippen molar-refractivity contribution in [2.24, 2.45) is 5.92 Å². The summed E-state index contributed by atoms with van der Waals surface area (Å²) in [7, 11) is 0. The summed E-state index contributed by atoms with van der Waals surface area (Å²) in [5.74, 6) is -0.984. The maximum atomic E-state index is 11.1. The Morgan fingerprint density at radius 1 is 1.26 bits per heavy atom. The highest BCUT2D eigenvalue weighted by Crippen LogP contribution is 2.29. The molecule has 1 atom stereocenters. The monoisotopic (exact) mass is 361 g/mol. The second-order valence-corrected chi connectivity index (χ2v) is 5.91. The number of hydrogen-bond donors (Lipinski definition) is 1. The van der Waals surface area contributed by atoms with E-state index in [4.69, 9.17) is 28.3 Å². The number of aliphatic carboxylic acids is 1. The molecule has 1 N–H and O–H groups in total. The Morgan fingerprint density at radius 3 is 2.43 bits per heavy atom. The van der Waals surface area contributed by atoms with E-state index in [9.17, 15) is 4.79 Å². The van der Waals surface area contributed by atoms with Gasteiger partial charge in [0.2, 0.25) is 0 Å². The molecule has 1 saturated heterocycles. The van der Waals surface area contributed by atoms with Crippen LogP contribution in [0.1, 0.15) is 53.4 Å². The van der Waals surface area contributed by atoms with Gasteiger partial charge in [0, 0.05) is 13.1 Å². The van der Waals surface area contributed by atoms with Gasteiger partial charge in [-0.1, -0.05) is 56.1 Å². The molecule has 3 nitrogen and oxygen atoms in total. The lowest BCUT2D eigenvalue weighted by Gasteiger charge is -2.26. The van der Waals surface area contributed by atoms with Crippen molar-refractivity contribution in [2.75, 3.05) is 13.1 Å². The molecule has 1 aliphatic rings. The van der Waals surface area contributed by atoms with Gasteiger partial charge >= 0.3 is 5.97 Å². The van der Waals surface area contributed by atoms with Crippen molar-refractivity contribution in [2.45, 2.75) is 53.4 Å². The third-order valence-corrected chi connectivity index (χ3v) is 4.30. The fourth-order valence-corrected chi connectivity index (χ4v) is 3.00. The SMILES string of the molecule is CC.C\C=C(Cl)/C(=C(Cl)\C=C\CC)N1CCCC(C(=O)O)CC1. The van der Waals surface area contributed by atoms with Gasteiger partial charge in [0.25, 0.3) is 0 Å². The lowest BCUT2D eigenvalue weighted by atomic mass is 10.0. The number of hydrogen-bond acceptors (Lipinski definition) is 2. The molecule has 0 spiro atoms. The quantitative estimate of drug-likeness (QED) is 0.632. The minimum atomic E-state index is -0.712. The first-order chi connectivity index (χ1) is 11.0. The molecule has 1 heterocycles. The van der Waals surface area contributed by atoms with E-state index in [0.29, 0.717) is 29.5 Å². The number of allylic oxidation sites excluding steroid dienone is 5. The summed E-state index contributed by atoms with van der Waals surface area (Å²) in [5.41, 5.74) is 0.802. The van der Waals surface area contributed by atoms with Crippen LogP contribution in [-0.4, -0.2) is 29.1 Å². The first-order valence-electron chi connectivity index (χ1n) is 8.37. The number of carboxylic acid groups (broad SMARTS) is 1. The Hall–Kier alpha value is -0.930. The Kier molecular flexibility index (Phi) is 12.0. The minimum Gasteiger partial charge on any atom is -0.481 e. The van der Waals surface area contributed by atoms with Gasteiger partial charge in [-0.3, -0.25) is 4.79 Å². The lowest BCUT2D eigenvalue weighted by molar-refractivity contribution is -0.142. The fourth-order valence-electron chi connectivity index (χ4n) is 2.42. The van der Waals surface area contributed by atoms with Crippen LogP contribution in [-0.2, 0) is 4.79 Å². The van der Waals surface area contributed by atoms with Crippen LogP contribution in [0.3, 0.4) is 0 Å². The molecular weight excluding hydrogens is 333 g/mol. The molecule has 0 aromatic rings. The molecule has 1 fully saturated rings. The van der Waals surface area contributed by atoms with Crippen LogP contribution in [0.2, 0.25) is 0 Å². The Labute approximate surface area is 150 Å². The van der Waals surface area contributed by atoms with E-state index in [1.165, 1.54) is 0 Å². The van der Waals surface area contributed by atoms with Crippen LogP contribution in [0.25, 0.3) is 0 Å². The van der Waals surface area contributed by atoms with Gasteiger partial charge in [-0.25, -0.2) is 0 Å². The summed E-state index contributed by atoms with van der Waals surface area (Å²) < 4.78 is 0. The molecule has 0 saturated carbocycles. The fraction of sp³-hybridized carbons (Fsp3) is 0.611. The van der Waals surface area contributed by atoms with Gasteiger partial charge in [-0.15, -0.1) is 0 Å². The van der Waals surface area contributed by atoms with Crippen LogP contribution in [0.5, 0.6) is 0 Å². The molecule has 0 aliphatic carbocycles. The number of carboxylic acids is 1. The predicted octanol–water partition coefficient (Wildman–Crippen LogP) is 5.76. The number of likely N-dealkylation sites (tertiary alicyclic amines) is 1. The van der Waals surface area contributed by atoms with Gasteiger partial charge in [0.1, 0.15) is 0 Å². The molecule has 5 heteroatoms. The zero-order chi connectivity index (χ0) is 17.8. The highest BCUT2D eigenvalue weighted by atomic mass is 35.5. The predicted molar refractivity (Wildman–Crippen MR) is 99.8 cm³/mol. The van der Waals surface area contributed by atoms with Crippen LogP contribution in [0.15, 0.2) is 34.0 Å². The van der Waals surface area contributed by atoms with Crippen LogP contribution < -0.4 is 0 Å². The van der Waals surface area contributed by atoms with Crippen molar-refractivity contribution < 1.29 is 9.90 Å². The Morgan fingerprint density at radius 2 is 1.91 bits per heavy atom. The number of nitrogens with zero attached hydrogens (tertiary/aromatic N) is 1. The van der Waals surface area contributed by atoms with Crippen molar-refractivity contribution in [3.8, 4) is 0 Å². The Bertz CT molecular complexity index is 456. The molecule has 1 aliphatic heterocycles. The number of rotatable bonds is 5. The van der Waals surface area contributed by atoms with E-state index in [1.54, 1.807) is 0 Å². The highest BCUT2D eigenvalue weighted by molar-refractivity contribution is 6.36. The summed E-state index contributed by atoms with van der Waals surface area (Å²) in [4.78, 5) is 13.2. The molecule has 0 amide bonds. The van der Waals surface area contributed by atoms with Gasteiger partial charge in [-0.2, -0.15) is 0 Å². The molecule has 0 radical (unpaired) electrons. The standard InChI is InChI=1S/C16H23Cl2NO2.C2H6/c1-3-5-8-14(18)15(13(17)4-2)19-10-6-7-12(9-11-19)16(20)21;1-2/h4-5,8,12H,3,6-7,9-11H2,1-2H3,(H,20,21);1-2H3/b8-5+,13-4+,15-14-;. The van der Waals surface area contributed by atoms with Crippen molar-refractivity contribution in [1.29, 1.82) is 0 Å². The first kappa shape index (κ1) is 22.1. The van der Waals surface area contributed by atoms with Crippen LogP contribution >= 0.6 is 23.2 Å². The van der Waals surface area contributed by atoms with E-state index < -0.39 is 5.97 Å². The van der Waals surface area contributed by atoms with E-state index in [0.717, 1.165) is 25.1 Å². The van der Waals surface area contributed by atoms with Crippen LogP contribution in [0.4, 0.5) is 0 Å². The summed E-state index contributed by atoms with van der Waals surface area (Å²) in [6.07, 6.45) is 8.72. The van der Waals surface area contributed by atoms with Gasteiger partial charge < -0.3 is 10.0 Å². The zero-order valence-electron chi connectivity index (χ0n) is 14.6. The third kappa shape index (κ3) is 7.45. The van der Waals surface area contributed by atoms with Crippen molar-refractivity contribution in [1.82, 2.24) is 4.90 Å². The van der Waals surface area contributed by atoms with Gasteiger partial charge in [0.15, 0.2) is 0 Å². The van der Waals surface area contributed by atoms with Crippen molar-refractivity contribution >= 4 is 29.2 Å². The molecule has 0 aromatic carbocycles. The normalized spacial score (nSPS) is 20.5. The summed E-state index contributed by atoms with van der Waals surface area (Å²) in [6.45, 7) is 9.35. The molecule has 1 unspecified atom stereocenters. The second kappa shape index (κ2) is 12.5. The van der Waals surface area contributed by atoms with Gasteiger partial charge in [0.05, 0.1) is 21.7 Å². The zero-order valence-corrected chi connectivity index (χ0v) is 16.1. The summed E-state index contributed by atoms with van der Waals surface area (Å²) in [6, 6.07) is 0. The molecule has 0 bridgehead atoms. The minimum absolute atomic E-state index is 0.273. The average Bonchev–Trinajstić information content (AvgIpc) is 2.81. The number of carbonyl (C=O) groups is 1. The van der Waals surface area contributed by atoms with E-state index in [2.05, 4.69) is 4.90 Å². The smallest absolute Gasteiger partial charge is 0.306 e. The molecule has 23 heavy (non-hydrogen) atoms. The van der Waals surface area contributed by atoms with Crippen molar-refractivity contribution in [3.63, 3.8) is 0 Å².